The third kappa shape index (κ3) is 6.76. The second-order valence-corrected chi connectivity index (χ2v) is 9.04. The molecule has 2 rings (SSSR count). The number of aliphatic hydroxyl groups excluding tert-OH is 1. The van der Waals surface area contributed by atoms with Crippen molar-refractivity contribution in [2.75, 3.05) is 6.61 Å². The van der Waals surface area contributed by atoms with E-state index < -0.39 is 29.6 Å². The highest BCUT2D eigenvalue weighted by molar-refractivity contribution is 5.70. The van der Waals surface area contributed by atoms with Gasteiger partial charge in [0.15, 0.2) is 0 Å². The third-order valence-corrected chi connectivity index (χ3v) is 4.86. The fourth-order valence-corrected chi connectivity index (χ4v) is 3.32. The monoisotopic (exact) mass is 401 g/mol. The molecule has 0 spiro atoms. The van der Waals surface area contributed by atoms with E-state index in [1.165, 1.54) is 29.7 Å². The molecule has 1 aliphatic heterocycles. The van der Waals surface area contributed by atoms with Gasteiger partial charge >= 0.3 is 6.09 Å². The normalized spacial score (nSPS) is 19.4. The van der Waals surface area contributed by atoms with Crippen LogP contribution < -0.4 is 0 Å². The van der Waals surface area contributed by atoms with Crippen LogP contribution in [0.5, 0.6) is 0 Å². The Labute approximate surface area is 175 Å². The number of nitrogens with zero attached hydrogens (tertiary/aromatic N) is 1. The Morgan fingerprint density at radius 1 is 1.31 bits per heavy atom. The van der Waals surface area contributed by atoms with Gasteiger partial charge in [0.25, 0.3) is 0 Å². The molecule has 1 saturated heterocycles. The number of hydrogen-bond acceptors (Lipinski definition) is 4. The van der Waals surface area contributed by atoms with Gasteiger partial charge in [-0.15, -0.1) is 0 Å². The second kappa shape index (κ2) is 9.65. The molecule has 1 fully saturated rings. The lowest BCUT2D eigenvalue weighted by Crippen LogP contribution is -2.53. The van der Waals surface area contributed by atoms with E-state index in [1.54, 1.807) is 13.8 Å². The van der Waals surface area contributed by atoms with Crippen molar-refractivity contribution >= 4 is 6.09 Å². The quantitative estimate of drug-likeness (QED) is 0.583. The minimum atomic E-state index is -1.03. The summed E-state index contributed by atoms with van der Waals surface area (Å²) >= 11 is 0. The highest BCUT2D eigenvalue weighted by atomic mass is 16.6. The van der Waals surface area contributed by atoms with Gasteiger partial charge in [0.2, 0.25) is 0 Å². The maximum atomic E-state index is 12.7. The number of amides is 1. The Morgan fingerprint density at radius 2 is 1.97 bits per heavy atom. The van der Waals surface area contributed by atoms with Crippen LogP contribution in [0.2, 0.25) is 0 Å². The molecule has 160 valence electrons. The standard InChI is InChI=1S/C24H35NO4/c1-7-8-9-10-18-11-13-19(14-12-18)15-16-21(26)20-17-28-24(5,6)25(20)22(27)29-23(2,3)4/h11-14,20-21,26H,7-10,17H2,1-6H3/t20-,21+/m1/s1. The molecule has 1 heterocycles. The molecule has 0 unspecified atom stereocenters. The fourth-order valence-electron chi connectivity index (χ4n) is 3.32. The van der Waals surface area contributed by atoms with E-state index in [2.05, 4.69) is 30.9 Å². The van der Waals surface area contributed by atoms with Gasteiger partial charge in [-0.2, -0.15) is 0 Å². The summed E-state index contributed by atoms with van der Waals surface area (Å²) in [6.07, 6.45) is 3.17. The van der Waals surface area contributed by atoms with Crippen LogP contribution in [0.4, 0.5) is 4.79 Å². The molecular weight excluding hydrogens is 366 g/mol. The first-order chi connectivity index (χ1) is 13.5. The van der Waals surface area contributed by atoms with E-state index in [1.807, 2.05) is 32.9 Å². The SMILES string of the molecule is CCCCCc1ccc(C#C[C@H](O)[C@H]2COC(C)(C)N2C(=O)OC(C)(C)C)cc1. The molecule has 0 bridgehead atoms. The summed E-state index contributed by atoms with van der Waals surface area (Å²) in [6.45, 7) is 11.4. The van der Waals surface area contributed by atoms with Crippen LogP contribution in [-0.2, 0) is 15.9 Å². The first-order valence-electron chi connectivity index (χ1n) is 10.5. The maximum absolute atomic E-state index is 12.7. The van der Waals surface area contributed by atoms with E-state index in [0.717, 1.165) is 12.0 Å². The van der Waals surface area contributed by atoms with Gasteiger partial charge in [-0.1, -0.05) is 43.7 Å². The summed E-state index contributed by atoms with van der Waals surface area (Å²) in [6, 6.07) is 7.53. The maximum Gasteiger partial charge on any atom is 0.413 e. The van der Waals surface area contributed by atoms with E-state index in [0.29, 0.717) is 0 Å². The first kappa shape index (κ1) is 23.3. The Hall–Kier alpha value is -2.03. The average Bonchev–Trinajstić information content (AvgIpc) is 2.95. The third-order valence-electron chi connectivity index (χ3n) is 4.86. The van der Waals surface area contributed by atoms with Gasteiger partial charge in [-0.3, -0.25) is 4.90 Å². The molecule has 5 heteroatoms. The summed E-state index contributed by atoms with van der Waals surface area (Å²) in [5, 5.41) is 10.7. The van der Waals surface area contributed by atoms with Crippen LogP contribution in [0.3, 0.4) is 0 Å². The predicted octanol–water partition coefficient (Wildman–Crippen LogP) is 4.50. The Kier molecular flexibility index (Phi) is 7.73. The molecule has 1 amide bonds. The summed E-state index contributed by atoms with van der Waals surface area (Å²) in [5.41, 5.74) is 0.642. The predicted molar refractivity (Wildman–Crippen MR) is 114 cm³/mol. The van der Waals surface area contributed by atoms with Gasteiger partial charge in [-0.25, -0.2) is 4.79 Å². The van der Waals surface area contributed by atoms with Crippen molar-refractivity contribution in [1.82, 2.24) is 4.90 Å². The Balaban J connectivity index is 2.07. The van der Waals surface area contributed by atoms with Gasteiger partial charge in [0, 0.05) is 5.56 Å². The molecule has 1 aromatic carbocycles. The Morgan fingerprint density at radius 3 is 2.55 bits per heavy atom. The van der Waals surface area contributed by atoms with Crippen molar-refractivity contribution in [3.63, 3.8) is 0 Å². The second-order valence-electron chi connectivity index (χ2n) is 9.04. The number of rotatable bonds is 5. The molecule has 0 radical (unpaired) electrons. The van der Waals surface area contributed by atoms with Gasteiger partial charge < -0.3 is 14.6 Å². The van der Waals surface area contributed by atoms with Crippen LogP contribution in [0.1, 0.15) is 71.9 Å². The summed E-state index contributed by atoms with van der Waals surface area (Å²) < 4.78 is 11.2. The molecule has 5 nitrogen and oxygen atoms in total. The zero-order valence-corrected chi connectivity index (χ0v) is 18.6. The number of benzene rings is 1. The van der Waals surface area contributed by atoms with Crippen molar-refractivity contribution in [3.8, 4) is 11.8 Å². The lowest BCUT2D eigenvalue weighted by Gasteiger charge is -2.35. The highest BCUT2D eigenvalue weighted by Crippen LogP contribution is 2.30. The van der Waals surface area contributed by atoms with Crippen molar-refractivity contribution in [2.24, 2.45) is 0 Å². The lowest BCUT2D eigenvalue weighted by atomic mass is 10.0. The van der Waals surface area contributed by atoms with E-state index >= 15 is 0 Å². The van der Waals surface area contributed by atoms with Crippen LogP contribution >= 0.6 is 0 Å². The number of hydrogen-bond donors (Lipinski definition) is 1. The van der Waals surface area contributed by atoms with E-state index in [-0.39, 0.29) is 6.61 Å². The van der Waals surface area contributed by atoms with E-state index in [4.69, 9.17) is 9.47 Å². The first-order valence-corrected chi connectivity index (χ1v) is 10.5. The zero-order valence-electron chi connectivity index (χ0n) is 18.6. The minimum absolute atomic E-state index is 0.207. The molecule has 1 aromatic rings. The minimum Gasteiger partial charge on any atom is -0.444 e. The summed E-state index contributed by atoms with van der Waals surface area (Å²) in [4.78, 5) is 14.1. The summed E-state index contributed by atoms with van der Waals surface area (Å²) in [5.74, 6) is 5.89. The molecule has 0 aromatic heterocycles. The Bertz CT molecular complexity index is 737. The molecule has 29 heavy (non-hydrogen) atoms. The average molecular weight is 402 g/mol. The highest BCUT2D eigenvalue weighted by Gasteiger charge is 2.48. The van der Waals surface area contributed by atoms with Crippen LogP contribution in [-0.4, -0.2) is 46.2 Å². The number of unbranched alkanes of at least 4 members (excludes halogenated alkanes) is 2. The number of carbonyl (C=O) groups is 1. The van der Waals surface area contributed by atoms with Gasteiger partial charge in [-0.05, 0) is 65.2 Å². The molecular formula is C24H35NO4. The molecule has 0 aliphatic carbocycles. The summed E-state index contributed by atoms with van der Waals surface area (Å²) in [7, 11) is 0. The smallest absolute Gasteiger partial charge is 0.413 e. The van der Waals surface area contributed by atoms with Crippen molar-refractivity contribution < 1.29 is 19.4 Å². The number of ether oxygens (including phenoxy) is 2. The fraction of sp³-hybridized carbons (Fsp3) is 0.625. The van der Waals surface area contributed by atoms with Crippen LogP contribution in [0.25, 0.3) is 0 Å². The lowest BCUT2D eigenvalue weighted by molar-refractivity contribution is -0.0658. The molecule has 1 N–H and O–H groups in total. The van der Waals surface area contributed by atoms with Crippen molar-refractivity contribution in [3.05, 3.63) is 35.4 Å². The van der Waals surface area contributed by atoms with Crippen LogP contribution in [0, 0.1) is 11.8 Å². The number of aryl methyl sites for hydroxylation is 1. The van der Waals surface area contributed by atoms with Crippen LogP contribution in [0.15, 0.2) is 24.3 Å². The molecule has 2 atom stereocenters. The van der Waals surface area contributed by atoms with Gasteiger partial charge in [0.05, 0.1) is 12.6 Å². The topological polar surface area (TPSA) is 59.0 Å². The van der Waals surface area contributed by atoms with Gasteiger partial charge in [0.1, 0.15) is 17.4 Å². The van der Waals surface area contributed by atoms with Crippen molar-refractivity contribution in [2.45, 2.75) is 90.7 Å². The molecule has 1 aliphatic rings. The largest absolute Gasteiger partial charge is 0.444 e. The zero-order chi connectivity index (χ0) is 21.7. The number of carbonyl (C=O) groups excluding carboxylic acids is 1. The van der Waals surface area contributed by atoms with Crippen molar-refractivity contribution in [1.29, 1.82) is 0 Å². The van der Waals surface area contributed by atoms with E-state index in [9.17, 15) is 9.90 Å². The molecule has 0 saturated carbocycles. The number of aliphatic hydroxyl groups is 1.